The zero-order valence-corrected chi connectivity index (χ0v) is 8.46. The fourth-order valence-corrected chi connectivity index (χ4v) is 1.27. The predicted octanol–water partition coefficient (Wildman–Crippen LogP) is 2.53. The molecule has 1 rings (SSSR count). The second-order valence-electron chi connectivity index (χ2n) is 3.31. The monoisotopic (exact) mass is 178 g/mol. The molecule has 1 heterocycles. The van der Waals surface area contributed by atoms with E-state index in [1.54, 1.807) is 0 Å². The van der Waals surface area contributed by atoms with Crippen molar-refractivity contribution in [1.82, 2.24) is 10.3 Å². The molecule has 1 aromatic heterocycles. The molecule has 0 bridgehead atoms. The summed E-state index contributed by atoms with van der Waals surface area (Å²) in [6, 6.07) is 4.56. The van der Waals surface area contributed by atoms with Crippen molar-refractivity contribution >= 4 is 0 Å². The molecule has 2 heteroatoms. The van der Waals surface area contributed by atoms with Gasteiger partial charge in [0.1, 0.15) is 0 Å². The second-order valence-corrected chi connectivity index (χ2v) is 3.31. The first kappa shape index (κ1) is 10.2. The summed E-state index contributed by atoms with van der Waals surface area (Å²) >= 11 is 0. The molecular weight excluding hydrogens is 160 g/mol. The minimum absolute atomic E-state index is 0.439. The third-order valence-corrected chi connectivity index (χ3v) is 2.19. The predicted molar refractivity (Wildman–Crippen MR) is 55.6 cm³/mol. The summed E-state index contributed by atoms with van der Waals surface area (Å²) in [5.74, 6) is 0. The molecule has 2 nitrogen and oxygen atoms in total. The summed E-state index contributed by atoms with van der Waals surface area (Å²) in [7, 11) is 0. The van der Waals surface area contributed by atoms with Crippen LogP contribution in [0.25, 0.3) is 0 Å². The van der Waals surface area contributed by atoms with Crippen LogP contribution in [0.5, 0.6) is 0 Å². The van der Waals surface area contributed by atoms with E-state index in [0.29, 0.717) is 6.04 Å². The van der Waals surface area contributed by atoms with Gasteiger partial charge < -0.3 is 5.32 Å². The number of rotatable bonds is 5. The quantitative estimate of drug-likeness (QED) is 0.701. The van der Waals surface area contributed by atoms with E-state index < -0.39 is 0 Å². The molecule has 0 spiro atoms. The highest BCUT2D eigenvalue weighted by Gasteiger charge is 2.01. The number of aromatic nitrogens is 1. The molecule has 0 saturated heterocycles. The number of unbranched alkanes of at least 4 members (excludes halogenated alkanes) is 1. The van der Waals surface area contributed by atoms with Crippen LogP contribution in [0.3, 0.4) is 0 Å². The number of hydrogen-bond acceptors (Lipinski definition) is 2. The lowest BCUT2D eigenvalue weighted by atomic mass is 10.1. The molecule has 1 aromatic rings. The lowest BCUT2D eigenvalue weighted by Crippen LogP contribution is -2.19. The lowest BCUT2D eigenvalue weighted by molar-refractivity contribution is 0.554. The van der Waals surface area contributed by atoms with Crippen molar-refractivity contribution in [2.45, 2.75) is 32.7 Å². The van der Waals surface area contributed by atoms with Crippen LogP contribution in [0.2, 0.25) is 0 Å². The molecule has 1 N–H and O–H groups in total. The van der Waals surface area contributed by atoms with E-state index in [0.717, 1.165) is 6.54 Å². The smallest absolute Gasteiger partial charge is 0.0292 e. The molecule has 0 aliphatic carbocycles. The zero-order valence-electron chi connectivity index (χ0n) is 8.46. The van der Waals surface area contributed by atoms with Crippen molar-refractivity contribution in [3.05, 3.63) is 30.1 Å². The molecule has 1 atom stereocenters. The van der Waals surface area contributed by atoms with E-state index >= 15 is 0 Å². The fraction of sp³-hybridized carbons (Fsp3) is 0.545. The minimum Gasteiger partial charge on any atom is -0.310 e. The van der Waals surface area contributed by atoms with E-state index in [1.807, 2.05) is 12.4 Å². The van der Waals surface area contributed by atoms with Gasteiger partial charge in [0.2, 0.25) is 0 Å². The van der Waals surface area contributed by atoms with Crippen LogP contribution >= 0.6 is 0 Å². The highest BCUT2D eigenvalue weighted by Crippen LogP contribution is 2.09. The summed E-state index contributed by atoms with van der Waals surface area (Å²) in [6.07, 6.45) is 6.17. The Morgan fingerprint density at radius 2 is 2.08 bits per heavy atom. The molecule has 13 heavy (non-hydrogen) atoms. The third-order valence-electron chi connectivity index (χ3n) is 2.19. The maximum absolute atomic E-state index is 4.00. The van der Waals surface area contributed by atoms with E-state index in [4.69, 9.17) is 0 Å². The largest absolute Gasteiger partial charge is 0.310 e. The van der Waals surface area contributed by atoms with Gasteiger partial charge >= 0.3 is 0 Å². The fourth-order valence-electron chi connectivity index (χ4n) is 1.27. The summed E-state index contributed by atoms with van der Waals surface area (Å²) in [6.45, 7) is 5.49. The molecule has 0 aromatic carbocycles. The molecule has 0 unspecified atom stereocenters. The van der Waals surface area contributed by atoms with E-state index in [2.05, 4.69) is 36.3 Å². The average Bonchev–Trinajstić information content (AvgIpc) is 2.19. The van der Waals surface area contributed by atoms with Crippen LogP contribution in [0.1, 0.15) is 38.3 Å². The van der Waals surface area contributed by atoms with Gasteiger partial charge in [0, 0.05) is 18.4 Å². The highest BCUT2D eigenvalue weighted by atomic mass is 14.9. The van der Waals surface area contributed by atoms with Crippen LogP contribution in [0.15, 0.2) is 24.5 Å². The van der Waals surface area contributed by atoms with Gasteiger partial charge in [-0.05, 0) is 37.6 Å². The molecular formula is C11H18N2. The van der Waals surface area contributed by atoms with Gasteiger partial charge in [-0.15, -0.1) is 0 Å². The van der Waals surface area contributed by atoms with E-state index in [1.165, 1.54) is 18.4 Å². The van der Waals surface area contributed by atoms with Gasteiger partial charge in [-0.25, -0.2) is 0 Å². The summed E-state index contributed by atoms with van der Waals surface area (Å²) < 4.78 is 0. The third kappa shape index (κ3) is 3.55. The first-order valence-electron chi connectivity index (χ1n) is 4.98. The second kappa shape index (κ2) is 5.70. The Kier molecular flexibility index (Phi) is 4.47. The number of pyridine rings is 1. The van der Waals surface area contributed by atoms with E-state index in [-0.39, 0.29) is 0 Å². The number of nitrogens with one attached hydrogen (secondary N) is 1. The van der Waals surface area contributed by atoms with Gasteiger partial charge in [-0.3, -0.25) is 4.98 Å². The van der Waals surface area contributed by atoms with Crippen molar-refractivity contribution in [3.8, 4) is 0 Å². The van der Waals surface area contributed by atoms with Crippen LogP contribution < -0.4 is 5.32 Å². The Balaban J connectivity index is 2.35. The van der Waals surface area contributed by atoms with Crippen molar-refractivity contribution in [1.29, 1.82) is 0 Å². The lowest BCUT2D eigenvalue weighted by Gasteiger charge is -2.13. The van der Waals surface area contributed by atoms with Gasteiger partial charge in [0.05, 0.1) is 0 Å². The van der Waals surface area contributed by atoms with Crippen LogP contribution in [-0.4, -0.2) is 11.5 Å². The van der Waals surface area contributed by atoms with Crippen LogP contribution in [-0.2, 0) is 0 Å². The van der Waals surface area contributed by atoms with Crippen LogP contribution in [0, 0.1) is 0 Å². The SMILES string of the molecule is CCCCN[C@@H](C)c1ccncc1. The standard InChI is InChI=1S/C11H18N2/c1-3-4-7-13-10(2)11-5-8-12-9-6-11/h5-6,8-10,13H,3-4,7H2,1-2H3/t10-/m0/s1. The Morgan fingerprint density at radius 1 is 1.38 bits per heavy atom. The van der Waals surface area contributed by atoms with Gasteiger partial charge in [0.25, 0.3) is 0 Å². The van der Waals surface area contributed by atoms with Crippen molar-refractivity contribution in [3.63, 3.8) is 0 Å². The molecule has 0 aliphatic rings. The Labute approximate surface area is 80.4 Å². The maximum atomic E-state index is 4.00. The topological polar surface area (TPSA) is 24.9 Å². The molecule has 0 amide bonds. The Hall–Kier alpha value is -0.890. The minimum atomic E-state index is 0.439. The Bertz CT molecular complexity index is 221. The maximum Gasteiger partial charge on any atom is 0.0292 e. The summed E-state index contributed by atoms with van der Waals surface area (Å²) in [5.41, 5.74) is 1.31. The molecule has 0 aliphatic heterocycles. The molecule has 72 valence electrons. The van der Waals surface area contributed by atoms with Gasteiger partial charge in [-0.2, -0.15) is 0 Å². The number of nitrogens with zero attached hydrogens (tertiary/aromatic N) is 1. The summed E-state index contributed by atoms with van der Waals surface area (Å²) in [5, 5.41) is 3.47. The molecule has 0 radical (unpaired) electrons. The highest BCUT2D eigenvalue weighted by molar-refractivity contribution is 5.13. The first-order chi connectivity index (χ1) is 6.34. The van der Waals surface area contributed by atoms with Crippen molar-refractivity contribution in [2.24, 2.45) is 0 Å². The van der Waals surface area contributed by atoms with Crippen molar-refractivity contribution in [2.75, 3.05) is 6.54 Å². The van der Waals surface area contributed by atoms with Gasteiger partial charge in [0.15, 0.2) is 0 Å². The van der Waals surface area contributed by atoms with Crippen LogP contribution in [0.4, 0.5) is 0 Å². The Morgan fingerprint density at radius 3 is 2.69 bits per heavy atom. The van der Waals surface area contributed by atoms with Gasteiger partial charge in [-0.1, -0.05) is 13.3 Å². The number of hydrogen-bond donors (Lipinski definition) is 1. The zero-order chi connectivity index (χ0) is 9.52. The molecule has 0 saturated carbocycles. The average molecular weight is 178 g/mol. The molecule has 0 fully saturated rings. The normalized spacial score (nSPS) is 12.8. The first-order valence-corrected chi connectivity index (χ1v) is 4.98. The van der Waals surface area contributed by atoms with Crippen molar-refractivity contribution < 1.29 is 0 Å². The summed E-state index contributed by atoms with van der Waals surface area (Å²) in [4.78, 5) is 4.00. The van der Waals surface area contributed by atoms with E-state index in [9.17, 15) is 0 Å².